The van der Waals surface area contributed by atoms with Crippen LogP contribution in [0.5, 0.6) is 0 Å². The molecule has 1 aliphatic heterocycles. The van der Waals surface area contributed by atoms with Gasteiger partial charge in [0.1, 0.15) is 24.4 Å². The smallest absolute Gasteiger partial charge is 0.220 e. The second kappa shape index (κ2) is 37.9. The van der Waals surface area contributed by atoms with E-state index in [1.807, 2.05) is 13.0 Å². The third kappa shape index (κ3) is 28.7. The maximum Gasteiger partial charge on any atom is 0.220 e. The molecule has 0 aromatic carbocycles. The topological polar surface area (TPSA) is 149 Å². The molecule has 0 saturated carbocycles. The van der Waals surface area contributed by atoms with E-state index in [1.54, 1.807) is 6.08 Å². The highest BCUT2D eigenvalue weighted by Crippen LogP contribution is 2.22. The zero-order chi connectivity index (χ0) is 41.6. The molecule has 7 atom stereocenters. The van der Waals surface area contributed by atoms with Gasteiger partial charge in [-0.3, -0.25) is 4.79 Å². The number of carbonyl (C=O) groups is 1. The van der Waals surface area contributed by atoms with Crippen LogP contribution < -0.4 is 5.32 Å². The molecule has 0 aromatic rings. The molecule has 0 radical (unpaired) electrons. The number of ether oxygens (including phenoxy) is 2. The number of hydrogen-bond acceptors (Lipinski definition) is 8. The van der Waals surface area contributed by atoms with E-state index in [-0.39, 0.29) is 12.5 Å². The molecule has 1 fully saturated rings. The second-order valence-electron chi connectivity index (χ2n) is 15.5. The summed E-state index contributed by atoms with van der Waals surface area (Å²) in [6.07, 6.45) is 44.9. The Bertz CT molecular complexity index is 1120. The number of amides is 1. The van der Waals surface area contributed by atoms with Crippen LogP contribution in [0.15, 0.2) is 72.9 Å². The van der Waals surface area contributed by atoms with E-state index in [4.69, 9.17) is 9.47 Å². The molecular formula is C48H83NO8. The molecule has 6 N–H and O–H groups in total. The van der Waals surface area contributed by atoms with Crippen molar-refractivity contribution in [3.8, 4) is 0 Å². The molecule has 0 aromatic heterocycles. The van der Waals surface area contributed by atoms with Gasteiger partial charge in [-0.05, 0) is 57.8 Å². The van der Waals surface area contributed by atoms with E-state index in [1.165, 1.54) is 83.5 Å². The number of aliphatic hydroxyl groups excluding tert-OH is 5. The highest BCUT2D eigenvalue weighted by molar-refractivity contribution is 5.76. The van der Waals surface area contributed by atoms with E-state index in [0.29, 0.717) is 6.42 Å². The summed E-state index contributed by atoms with van der Waals surface area (Å²) in [4.78, 5) is 12.8. The predicted molar refractivity (Wildman–Crippen MR) is 235 cm³/mol. The standard InChI is InChI=1S/C48H83NO8/c1-3-5-7-8-9-10-11-12-13-14-15-16-17-18-19-20-21-22-23-24-25-26-27-28-29-30-31-32-33-34-36-38-44(52)49-41(42(51)37-35-6-4-2)40-56-48-47(55)46(54)45(53)43(39-50)57-48/h5,7,9-10,12-13,15-16,18-19,35,37,41-43,45-48,50-51,53-55H,3-4,6,8,11,14,17,20-34,36,38-40H2,1-2H3,(H,49,52)/b7-5-,10-9-,13-12-,16-15-,19-18-,37-35+. The van der Waals surface area contributed by atoms with Gasteiger partial charge in [0.2, 0.25) is 5.91 Å². The largest absolute Gasteiger partial charge is 0.394 e. The third-order valence-corrected chi connectivity index (χ3v) is 10.3. The van der Waals surface area contributed by atoms with Crippen molar-refractivity contribution in [1.82, 2.24) is 5.32 Å². The van der Waals surface area contributed by atoms with Crippen LogP contribution in [0.3, 0.4) is 0 Å². The van der Waals surface area contributed by atoms with Crippen LogP contribution in [0, 0.1) is 0 Å². The van der Waals surface area contributed by atoms with Crippen LogP contribution in [0.25, 0.3) is 0 Å². The van der Waals surface area contributed by atoms with Gasteiger partial charge in [-0.15, -0.1) is 0 Å². The van der Waals surface area contributed by atoms with Gasteiger partial charge < -0.3 is 40.3 Å². The quantitative estimate of drug-likeness (QED) is 0.0271. The van der Waals surface area contributed by atoms with Gasteiger partial charge in [-0.25, -0.2) is 0 Å². The molecule has 1 heterocycles. The lowest BCUT2D eigenvalue weighted by Gasteiger charge is -2.40. The van der Waals surface area contributed by atoms with Gasteiger partial charge in [-0.2, -0.15) is 0 Å². The molecule has 1 aliphatic rings. The maximum atomic E-state index is 12.8. The highest BCUT2D eigenvalue weighted by Gasteiger charge is 2.44. The minimum absolute atomic E-state index is 0.193. The van der Waals surface area contributed by atoms with Crippen molar-refractivity contribution in [3.63, 3.8) is 0 Å². The summed E-state index contributed by atoms with van der Waals surface area (Å²) in [5, 5.41) is 53.4. The van der Waals surface area contributed by atoms with E-state index in [0.717, 1.165) is 64.2 Å². The fraction of sp³-hybridized carbons (Fsp3) is 0.729. The van der Waals surface area contributed by atoms with Crippen molar-refractivity contribution in [2.24, 2.45) is 0 Å². The monoisotopic (exact) mass is 802 g/mol. The molecule has 328 valence electrons. The molecule has 1 saturated heterocycles. The molecule has 0 spiro atoms. The van der Waals surface area contributed by atoms with Crippen LogP contribution in [0.1, 0.15) is 168 Å². The van der Waals surface area contributed by atoms with Gasteiger partial charge >= 0.3 is 0 Å². The van der Waals surface area contributed by atoms with Crippen molar-refractivity contribution in [2.45, 2.75) is 211 Å². The Labute approximate surface area is 347 Å². The second-order valence-corrected chi connectivity index (χ2v) is 15.5. The van der Waals surface area contributed by atoms with Crippen LogP contribution in [0.2, 0.25) is 0 Å². The molecule has 9 nitrogen and oxygen atoms in total. The number of carbonyl (C=O) groups excluding carboxylic acids is 1. The molecule has 9 heteroatoms. The van der Waals surface area contributed by atoms with Gasteiger partial charge in [0.05, 0.1) is 25.4 Å². The summed E-state index contributed by atoms with van der Waals surface area (Å²) < 4.78 is 11.0. The number of allylic oxidation sites excluding steroid dienone is 11. The Kier molecular flexibility index (Phi) is 35.0. The van der Waals surface area contributed by atoms with Crippen molar-refractivity contribution >= 4 is 5.91 Å². The van der Waals surface area contributed by atoms with Crippen LogP contribution in [0.4, 0.5) is 0 Å². The van der Waals surface area contributed by atoms with Crippen LogP contribution in [-0.2, 0) is 14.3 Å². The Balaban J connectivity index is 2.02. The average Bonchev–Trinajstić information content (AvgIpc) is 3.21. The summed E-state index contributed by atoms with van der Waals surface area (Å²) in [7, 11) is 0. The Morgan fingerprint density at radius 2 is 1.09 bits per heavy atom. The van der Waals surface area contributed by atoms with E-state index in [9.17, 15) is 30.3 Å². The summed E-state index contributed by atoms with van der Waals surface area (Å²) in [6.45, 7) is 3.42. The number of nitrogens with one attached hydrogen (secondary N) is 1. The molecular weight excluding hydrogens is 719 g/mol. The van der Waals surface area contributed by atoms with Crippen LogP contribution in [-0.4, -0.2) is 87.5 Å². The van der Waals surface area contributed by atoms with Gasteiger partial charge in [-0.1, -0.05) is 177 Å². The Hall–Kier alpha value is -2.37. The molecule has 1 rings (SSSR count). The van der Waals surface area contributed by atoms with Gasteiger partial charge in [0.15, 0.2) is 6.29 Å². The van der Waals surface area contributed by atoms with Crippen molar-refractivity contribution in [2.75, 3.05) is 13.2 Å². The molecule has 0 aliphatic carbocycles. The first-order chi connectivity index (χ1) is 27.8. The lowest BCUT2D eigenvalue weighted by Crippen LogP contribution is -2.60. The summed E-state index contributed by atoms with van der Waals surface area (Å²) in [5.74, 6) is -0.193. The lowest BCUT2D eigenvalue weighted by molar-refractivity contribution is -0.302. The molecule has 1 amide bonds. The fourth-order valence-electron chi connectivity index (χ4n) is 6.66. The minimum Gasteiger partial charge on any atom is -0.394 e. The first-order valence-corrected chi connectivity index (χ1v) is 22.7. The van der Waals surface area contributed by atoms with Crippen molar-refractivity contribution < 1.29 is 39.8 Å². The summed E-state index contributed by atoms with van der Waals surface area (Å²) >= 11 is 0. The average molecular weight is 802 g/mol. The lowest BCUT2D eigenvalue weighted by atomic mass is 9.99. The van der Waals surface area contributed by atoms with Crippen molar-refractivity contribution in [3.05, 3.63) is 72.9 Å². The number of rotatable bonds is 36. The minimum atomic E-state index is -1.56. The maximum absolute atomic E-state index is 12.8. The van der Waals surface area contributed by atoms with E-state index < -0.39 is 49.5 Å². The summed E-state index contributed by atoms with van der Waals surface area (Å²) in [5.41, 5.74) is 0. The Morgan fingerprint density at radius 1 is 0.614 bits per heavy atom. The zero-order valence-electron chi connectivity index (χ0n) is 35.8. The number of hydrogen-bond donors (Lipinski definition) is 6. The third-order valence-electron chi connectivity index (χ3n) is 10.3. The van der Waals surface area contributed by atoms with E-state index in [2.05, 4.69) is 73.0 Å². The first kappa shape index (κ1) is 52.6. The zero-order valence-corrected chi connectivity index (χ0v) is 35.8. The summed E-state index contributed by atoms with van der Waals surface area (Å²) in [6, 6.07) is -0.802. The number of unbranched alkanes of at least 4 members (excludes halogenated alkanes) is 16. The van der Waals surface area contributed by atoms with Crippen LogP contribution >= 0.6 is 0 Å². The highest BCUT2D eigenvalue weighted by atomic mass is 16.7. The normalized spacial score (nSPS) is 21.7. The molecule has 7 unspecified atom stereocenters. The fourth-order valence-corrected chi connectivity index (χ4v) is 6.66. The predicted octanol–water partition coefficient (Wildman–Crippen LogP) is 9.39. The van der Waals surface area contributed by atoms with Gasteiger partial charge in [0, 0.05) is 6.42 Å². The van der Waals surface area contributed by atoms with Gasteiger partial charge in [0.25, 0.3) is 0 Å². The van der Waals surface area contributed by atoms with E-state index >= 15 is 0 Å². The molecule has 57 heavy (non-hydrogen) atoms. The Morgan fingerprint density at radius 3 is 1.58 bits per heavy atom. The number of aliphatic hydroxyl groups is 5. The molecule has 0 bridgehead atoms. The van der Waals surface area contributed by atoms with Crippen molar-refractivity contribution in [1.29, 1.82) is 0 Å². The SMILES string of the molecule is CC/C=C\C/C=C\C/C=C\C/C=C\C/C=C\CCCCCCCCCCCCCCCCCC(=O)NC(COC1OC(CO)C(O)C(O)C1O)C(O)/C=C/CCC. The first-order valence-electron chi connectivity index (χ1n) is 22.7.